The van der Waals surface area contributed by atoms with Crippen LogP contribution in [0.2, 0.25) is 0 Å². The monoisotopic (exact) mass is 543 g/mol. The van der Waals surface area contributed by atoms with Crippen LogP contribution >= 0.6 is 0 Å². The maximum atomic E-state index is 14.7. The van der Waals surface area contributed by atoms with Crippen LogP contribution in [0.3, 0.4) is 0 Å². The smallest absolute Gasteiger partial charge is 0.407 e. The van der Waals surface area contributed by atoms with Crippen molar-refractivity contribution in [2.75, 3.05) is 13.2 Å². The molecule has 12 heteroatoms. The van der Waals surface area contributed by atoms with Gasteiger partial charge in [-0.2, -0.15) is 5.10 Å². The van der Waals surface area contributed by atoms with Gasteiger partial charge in [-0.05, 0) is 58.4 Å². The molecule has 5 rings (SSSR count). The third-order valence-corrected chi connectivity index (χ3v) is 7.00. The zero-order valence-electron chi connectivity index (χ0n) is 22.2. The number of carbonyl (C=O) groups is 2. The number of benzene rings is 1. The summed E-state index contributed by atoms with van der Waals surface area (Å²) in [4.78, 5) is 30.8. The second-order valence-corrected chi connectivity index (χ2v) is 11.0. The highest BCUT2D eigenvalue weighted by Gasteiger charge is 2.39. The third kappa shape index (κ3) is 5.57. The van der Waals surface area contributed by atoms with Crippen molar-refractivity contribution in [2.24, 2.45) is 0 Å². The molecular formula is C27H31F2N5O5. The number of carbonyl (C=O) groups excluding carboxylic acids is 1. The molecule has 0 radical (unpaired) electrons. The summed E-state index contributed by atoms with van der Waals surface area (Å²) < 4.78 is 42.0. The number of alkyl carbamates (subject to hydrolysis) is 1. The lowest BCUT2D eigenvalue weighted by Gasteiger charge is -2.42. The summed E-state index contributed by atoms with van der Waals surface area (Å²) in [6.45, 7) is 8.31. The number of ether oxygens (including phenoxy) is 2. The molecule has 2 aliphatic rings. The van der Waals surface area contributed by atoms with Crippen molar-refractivity contribution in [3.8, 4) is 0 Å². The molecule has 39 heavy (non-hydrogen) atoms. The summed E-state index contributed by atoms with van der Waals surface area (Å²) in [5.74, 6) is -2.34. The molecule has 3 aromatic rings. The Labute approximate surface area is 223 Å². The molecule has 2 N–H and O–H groups in total. The lowest BCUT2D eigenvalue weighted by atomic mass is 9.91. The number of nitrogens with zero attached hydrogens (tertiary/aromatic N) is 4. The molecule has 208 valence electrons. The van der Waals surface area contributed by atoms with E-state index < -0.39 is 41.4 Å². The second kappa shape index (κ2) is 10.2. The fraction of sp³-hybridized carbons (Fsp3) is 0.481. The fourth-order valence-corrected chi connectivity index (χ4v) is 5.27. The standard InChI is InChI=1S/C27H31F2N5O5/c1-14-9-22(25(35)36)30-24-18-12-33(8-7-20(18)32-34(14)24)16-11-21(31-26(37)39-27(2,3)4)23(38-13-16)17-10-15(28)5-6-19(17)29/h5-6,9-10,16,21,23H,7-8,11-13H2,1-4H3,(H,31,37)(H,35,36)/t16-,21+,23-/m1/s1. The molecule has 0 aliphatic carbocycles. The molecule has 1 fully saturated rings. The van der Waals surface area contributed by atoms with E-state index in [0.717, 1.165) is 29.5 Å². The third-order valence-electron chi connectivity index (χ3n) is 7.00. The first kappa shape index (κ1) is 26.9. The maximum absolute atomic E-state index is 14.7. The maximum Gasteiger partial charge on any atom is 0.407 e. The van der Waals surface area contributed by atoms with Crippen molar-refractivity contribution in [1.29, 1.82) is 0 Å². The number of fused-ring (bicyclic) bond motifs is 3. The molecule has 2 aromatic heterocycles. The Balaban J connectivity index is 1.41. The van der Waals surface area contributed by atoms with Crippen LogP contribution in [0.4, 0.5) is 13.6 Å². The van der Waals surface area contributed by atoms with Gasteiger partial charge in [0.25, 0.3) is 0 Å². The van der Waals surface area contributed by atoms with E-state index in [1.54, 1.807) is 32.2 Å². The zero-order chi connectivity index (χ0) is 28.1. The Bertz CT molecular complexity index is 1440. The van der Waals surface area contributed by atoms with E-state index in [4.69, 9.17) is 9.47 Å². The van der Waals surface area contributed by atoms with Crippen molar-refractivity contribution in [1.82, 2.24) is 24.8 Å². The topological polar surface area (TPSA) is 118 Å². The lowest BCUT2D eigenvalue weighted by Crippen LogP contribution is -2.53. The van der Waals surface area contributed by atoms with Crippen LogP contribution in [0.1, 0.15) is 66.3 Å². The quantitative estimate of drug-likeness (QED) is 0.510. The van der Waals surface area contributed by atoms with E-state index in [9.17, 15) is 23.5 Å². The molecule has 1 aromatic carbocycles. The molecule has 3 atom stereocenters. The number of halogens is 2. The van der Waals surface area contributed by atoms with Crippen LogP contribution in [-0.2, 0) is 22.4 Å². The number of carboxylic acids is 1. The van der Waals surface area contributed by atoms with Gasteiger partial charge in [-0.15, -0.1) is 0 Å². The minimum atomic E-state index is -1.12. The second-order valence-electron chi connectivity index (χ2n) is 11.0. The van der Waals surface area contributed by atoms with Crippen LogP contribution in [0, 0.1) is 18.6 Å². The highest BCUT2D eigenvalue weighted by atomic mass is 19.1. The molecular weight excluding hydrogens is 512 g/mol. The van der Waals surface area contributed by atoms with E-state index in [0.29, 0.717) is 37.3 Å². The van der Waals surface area contributed by atoms with Gasteiger partial charge < -0.3 is 19.9 Å². The van der Waals surface area contributed by atoms with Crippen molar-refractivity contribution in [2.45, 2.75) is 70.9 Å². The van der Waals surface area contributed by atoms with Gasteiger partial charge >= 0.3 is 12.1 Å². The summed E-state index contributed by atoms with van der Waals surface area (Å²) in [6, 6.07) is 3.78. The van der Waals surface area contributed by atoms with Gasteiger partial charge in [0.05, 0.1) is 18.3 Å². The molecule has 0 spiro atoms. The molecule has 4 heterocycles. The van der Waals surface area contributed by atoms with E-state index in [2.05, 4.69) is 20.3 Å². The number of carboxylic acid groups (broad SMARTS) is 1. The van der Waals surface area contributed by atoms with Gasteiger partial charge in [-0.25, -0.2) is 27.9 Å². The zero-order valence-corrected chi connectivity index (χ0v) is 22.2. The van der Waals surface area contributed by atoms with E-state index in [1.165, 1.54) is 6.07 Å². The van der Waals surface area contributed by atoms with Crippen LogP contribution in [0.5, 0.6) is 0 Å². The van der Waals surface area contributed by atoms with E-state index in [1.807, 2.05) is 0 Å². The summed E-state index contributed by atoms with van der Waals surface area (Å²) in [5.41, 5.74) is 2.08. The molecule has 0 bridgehead atoms. The van der Waals surface area contributed by atoms with E-state index >= 15 is 0 Å². The summed E-state index contributed by atoms with van der Waals surface area (Å²) in [7, 11) is 0. The number of rotatable bonds is 4. The number of hydrogen-bond acceptors (Lipinski definition) is 7. The minimum Gasteiger partial charge on any atom is -0.477 e. The highest BCUT2D eigenvalue weighted by molar-refractivity contribution is 5.86. The van der Waals surface area contributed by atoms with Crippen LogP contribution in [0.15, 0.2) is 24.3 Å². The van der Waals surface area contributed by atoms with Crippen molar-refractivity contribution < 1.29 is 33.0 Å². The van der Waals surface area contributed by atoms with Gasteiger partial charge in [-0.1, -0.05) is 0 Å². The minimum absolute atomic E-state index is 0.0268. The first-order valence-electron chi connectivity index (χ1n) is 12.8. The van der Waals surface area contributed by atoms with Crippen LogP contribution < -0.4 is 5.32 Å². The number of nitrogens with one attached hydrogen (secondary N) is 1. The van der Waals surface area contributed by atoms with Crippen LogP contribution in [0.25, 0.3) is 5.65 Å². The average molecular weight is 544 g/mol. The highest BCUT2D eigenvalue weighted by Crippen LogP contribution is 2.34. The van der Waals surface area contributed by atoms with E-state index in [-0.39, 0.29) is 23.9 Å². The summed E-state index contributed by atoms with van der Waals surface area (Å²) in [5, 5.41) is 16.9. The van der Waals surface area contributed by atoms with Crippen molar-refractivity contribution in [3.05, 3.63) is 64.1 Å². The Morgan fingerprint density at radius 3 is 2.72 bits per heavy atom. The Kier molecular flexibility index (Phi) is 7.02. The molecule has 0 saturated carbocycles. The molecule has 2 aliphatic heterocycles. The van der Waals surface area contributed by atoms with Gasteiger partial charge in [0, 0.05) is 42.4 Å². The first-order chi connectivity index (χ1) is 18.4. The molecule has 1 amide bonds. The van der Waals surface area contributed by atoms with Crippen LogP contribution in [-0.4, -0.2) is 67.5 Å². The normalized spacial score (nSPS) is 21.9. The van der Waals surface area contributed by atoms with Crippen molar-refractivity contribution in [3.63, 3.8) is 0 Å². The summed E-state index contributed by atoms with van der Waals surface area (Å²) in [6.07, 6.45) is -0.586. The number of aryl methyl sites for hydroxylation is 1. The number of aromatic carboxylic acids is 1. The average Bonchev–Trinajstić information content (AvgIpc) is 3.23. The Morgan fingerprint density at radius 2 is 2.00 bits per heavy atom. The molecule has 1 saturated heterocycles. The molecule has 0 unspecified atom stereocenters. The number of amides is 1. The number of hydrogen-bond donors (Lipinski definition) is 2. The fourth-order valence-electron chi connectivity index (χ4n) is 5.27. The van der Waals surface area contributed by atoms with Gasteiger partial charge in [0.1, 0.15) is 23.3 Å². The van der Waals surface area contributed by atoms with Gasteiger partial charge in [-0.3, -0.25) is 4.90 Å². The predicted molar refractivity (Wildman–Crippen MR) is 135 cm³/mol. The Hall–Kier alpha value is -3.64. The van der Waals surface area contributed by atoms with Gasteiger partial charge in [0.2, 0.25) is 0 Å². The van der Waals surface area contributed by atoms with Gasteiger partial charge in [0.15, 0.2) is 11.3 Å². The largest absolute Gasteiger partial charge is 0.477 e. The summed E-state index contributed by atoms with van der Waals surface area (Å²) >= 11 is 0. The lowest BCUT2D eigenvalue weighted by molar-refractivity contribution is -0.0641. The first-order valence-corrected chi connectivity index (χ1v) is 12.8. The van der Waals surface area contributed by atoms with Crippen molar-refractivity contribution >= 4 is 17.7 Å². The Morgan fingerprint density at radius 1 is 1.23 bits per heavy atom. The SMILES string of the molecule is Cc1cc(C(=O)O)nc2c3c(nn12)CCN([C@H]1CO[C@H](c2cc(F)ccc2F)[C@@H](NC(=O)OC(C)(C)C)C1)C3. The molecule has 10 nitrogen and oxygen atoms in total. The predicted octanol–water partition coefficient (Wildman–Crippen LogP) is 3.80. The number of aromatic nitrogens is 3.